The third-order valence-corrected chi connectivity index (χ3v) is 5.31. The van der Waals surface area contributed by atoms with E-state index in [0.29, 0.717) is 36.3 Å². The highest BCUT2D eigenvalue weighted by molar-refractivity contribution is 5.43. The lowest BCUT2D eigenvalue weighted by Crippen LogP contribution is -2.17. The van der Waals surface area contributed by atoms with Crippen LogP contribution < -0.4 is 9.47 Å². The SMILES string of the molecule is COc1ccc(CN(C)Cc2nc(C(c3ccccc3)c3ccccc3)no2)cc1OC. The lowest BCUT2D eigenvalue weighted by atomic mass is 9.91. The number of rotatable bonds is 9. The molecule has 3 aromatic carbocycles. The molecule has 0 spiro atoms. The first kappa shape index (κ1) is 21.6. The van der Waals surface area contributed by atoms with E-state index < -0.39 is 0 Å². The number of benzene rings is 3. The Bertz CT molecular complexity index is 1090. The predicted octanol–water partition coefficient (Wildman–Crippen LogP) is 4.90. The standard InChI is InChI=1S/C26H27N3O3/c1-29(17-19-14-15-22(30-2)23(16-19)31-3)18-24-27-26(28-32-24)25(20-10-6-4-7-11-20)21-12-8-5-9-13-21/h4-16,25H,17-18H2,1-3H3. The van der Waals surface area contributed by atoms with Crippen molar-refractivity contribution < 1.29 is 14.0 Å². The van der Waals surface area contributed by atoms with Crippen LogP contribution in [0.4, 0.5) is 0 Å². The number of hydrogen-bond acceptors (Lipinski definition) is 6. The molecule has 0 amide bonds. The van der Waals surface area contributed by atoms with Gasteiger partial charge in [-0.2, -0.15) is 4.98 Å². The number of nitrogens with zero attached hydrogens (tertiary/aromatic N) is 3. The van der Waals surface area contributed by atoms with Gasteiger partial charge in [0, 0.05) is 6.54 Å². The van der Waals surface area contributed by atoms with Gasteiger partial charge in [0.25, 0.3) is 0 Å². The third-order valence-electron chi connectivity index (χ3n) is 5.31. The smallest absolute Gasteiger partial charge is 0.240 e. The van der Waals surface area contributed by atoms with Crippen molar-refractivity contribution >= 4 is 0 Å². The first-order valence-electron chi connectivity index (χ1n) is 10.5. The van der Waals surface area contributed by atoms with Crippen molar-refractivity contribution in [2.75, 3.05) is 21.3 Å². The molecule has 0 aliphatic heterocycles. The fraction of sp³-hybridized carbons (Fsp3) is 0.231. The topological polar surface area (TPSA) is 60.6 Å². The average Bonchev–Trinajstić information content (AvgIpc) is 3.28. The highest BCUT2D eigenvalue weighted by Gasteiger charge is 2.22. The van der Waals surface area contributed by atoms with Crippen molar-refractivity contribution in [1.29, 1.82) is 0 Å². The molecule has 1 aromatic heterocycles. The van der Waals surface area contributed by atoms with Gasteiger partial charge in [-0.15, -0.1) is 0 Å². The lowest BCUT2D eigenvalue weighted by Gasteiger charge is -2.16. The van der Waals surface area contributed by atoms with Gasteiger partial charge in [0.05, 0.1) is 26.7 Å². The average molecular weight is 430 g/mol. The predicted molar refractivity (Wildman–Crippen MR) is 123 cm³/mol. The minimum absolute atomic E-state index is 0.0777. The molecule has 6 nitrogen and oxygen atoms in total. The van der Waals surface area contributed by atoms with Crippen LogP contribution in [-0.4, -0.2) is 36.3 Å². The molecule has 32 heavy (non-hydrogen) atoms. The van der Waals surface area contributed by atoms with Crippen LogP contribution in [0.1, 0.15) is 34.3 Å². The molecule has 0 unspecified atom stereocenters. The van der Waals surface area contributed by atoms with E-state index in [4.69, 9.17) is 19.0 Å². The van der Waals surface area contributed by atoms with E-state index in [-0.39, 0.29) is 5.92 Å². The largest absolute Gasteiger partial charge is 0.493 e. The highest BCUT2D eigenvalue weighted by atomic mass is 16.5. The normalized spacial score (nSPS) is 11.2. The molecule has 164 valence electrons. The first-order valence-corrected chi connectivity index (χ1v) is 10.5. The van der Waals surface area contributed by atoms with Crippen molar-refractivity contribution in [2.45, 2.75) is 19.0 Å². The zero-order valence-electron chi connectivity index (χ0n) is 18.6. The van der Waals surface area contributed by atoms with Gasteiger partial charge in [0.1, 0.15) is 0 Å². The molecule has 4 aromatic rings. The van der Waals surface area contributed by atoms with Crippen LogP contribution in [0.3, 0.4) is 0 Å². The Kier molecular flexibility index (Phi) is 6.82. The molecule has 0 saturated heterocycles. The molecule has 0 aliphatic rings. The van der Waals surface area contributed by atoms with E-state index in [2.05, 4.69) is 34.3 Å². The minimum Gasteiger partial charge on any atom is -0.493 e. The summed E-state index contributed by atoms with van der Waals surface area (Å²) < 4.78 is 16.4. The van der Waals surface area contributed by atoms with Gasteiger partial charge in [0.15, 0.2) is 17.3 Å². The molecular weight excluding hydrogens is 402 g/mol. The van der Waals surface area contributed by atoms with Crippen LogP contribution in [0, 0.1) is 0 Å². The summed E-state index contributed by atoms with van der Waals surface area (Å²) in [5.74, 6) is 2.60. The van der Waals surface area contributed by atoms with Crippen molar-refractivity contribution in [3.05, 3.63) is 107 Å². The summed E-state index contributed by atoms with van der Waals surface area (Å²) in [5, 5.41) is 4.33. The maximum absolute atomic E-state index is 5.63. The monoisotopic (exact) mass is 429 g/mol. The van der Waals surface area contributed by atoms with Crippen molar-refractivity contribution in [1.82, 2.24) is 15.0 Å². The van der Waals surface area contributed by atoms with E-state index in [1.807, 2.05) is 61.6 Å². The second-order valence-corrected chi connectivity index (χ2v) is 7.66. The molecule has 0 fully saturated rings. The van der Waals surface area contributed by atoms with Gasteiger partial charge in [-0.25, -0.2) is 0 Å². The van der Waals surface area contributed by atoms with E-state index in [1.165, 1.54) is 0 Å². The zero-order chi connectivity index (χ0) is 22.3. The van der Waals surface area contributed by atoms with Gasteiger partial charge in [-0.3, -0.25) is 4.90 Å². The molecule has 1 heterocycles. The highest BCUT2D eigenvalue weighted by Crippen LogP contribution is 2.30. The molecule has 0 bridgehead atoms. The number of hydrogen-bond donors (Lipinski definition) is 0. The molecule has 4 rings (SSSR count). The van der Waals surface area contributed by atoms with Crippen molar-refractivity contribution in [2.24, 2.45) is 0 Å². The van der Waals surface area contributed by atoms with Crippen molar-refractivity contribution in [3.8, 4) is 11.5 Å². The Balaban J connectivity index is 1.51. The summed E-state index contributed by atoms with van der Waals surface area (Å²) in [4.78, 5) is 6.87. The van der Waals surface area contributed by atoms with Gasteiger partial charge in [0.2, 0.25) is 5.89 Å². The van der Waals surface area contributed by atoms with E-state index >= 15 is 0 Å². The van der Waals surface area contributed by atoms with Crippen LogP contribution in [-0.2, 0) is 13.1 Å². The molecule has 6 heteroatoms. The van der Waals surface area contributed by atoms with Crippen LogP contribution in [0.25, 0.3) is 0 Å². The van der Waals surface area contributed by atoms with Crippen molar-refractivity contribution in [3.63, 3.8) is 0 Å². The fourth-order valence-corrected chi connectivity index (χ4v) is 3.81. The fourth-order valence-electron chi connectivity index (χ4n) is 3.81. The van der Waals surface area contributed by atoms with Gasteiger partial charge >= 0.3 is 0 Å². The van der Waals surface area contributed by atoms with Gasteiger partial charge in [-0.1, -0.05) is 71.9 Å². The summed E-state index contributed by atoms with van der Waals surface area (Å²) in [6, 6.07) is 26.4. The van der Waals surface area contributed by atoms with Crippen LogP contribution in [0.15, 0.2) is 83.4 Å². The second kappa shape index (κ2) is 10.1. The Hall–Kier alpha value is -3.64. The van der Waals surface area contributed by atoms with E-state index in [1.54, 1.807) is 14.2 Å². The van der Waals surface area contributed by atoms with E-state index in [9.17, 15) is 0 Å². The molecule has 0 aliphatic carbocycles. The Morgan fingerprint density at radius 2 is 1.44 bits per heavy atom. The van der Waals surface area contributed by atoms with Gasteiger partial charge < -0.3 is 14.0 Å². The van der Waals surface area contributed by atoms with Crippen LogP contribution in [0.2, 0.25) is 0 Å². The first-order chi connectivity index (χ1) is 15.7. The molecule has 0 radical (unpaired) electrons. The van der Waals surface area contributed by atoms with Crippen LogP contribution >= 0.6 is 0 Å². The Morgan fingerprint density at radius 1 is 0.812 bits per heavy atom. The maximum atomic E-state index is 5.63. The molecular formula is C26H27N3O3. The third kappa shape index (κ3) is 4.98. The Morgan fingerprint density at radius 3 is 2.03 bits per heavy atom. The lowest BCUT2D eigenvalue weighted by molar-refractivity contribution is 0.259. The molecule has 0 N–H and O–H groups in total. The Labute approximate surface area is 188 Å². The summed E-state index contributed by atoms with van der Waals surface area (Å²) in [7, 11) is 5.29. The van der Waals surface area contributed by atoms with E-state index in [0.717, 1.165) is 16.7 Å². The molecule has 0 atom stereocenters. The maximum Gasteiger partial charge on any atom is 0.240 e. The minimum atomic E-state index is -0.0777. The summed E-state index contributed by atoms with van der Waals surface area (Å²) >= 11 is 0. The number of aromatic nitrogens is 2. The summed E-state index contributed by atoms with van der Waals surface area (Å²) in [6.07, 6.45) is 0. The summed E-state index contributed by atoms with van der Waals surface area (Å²) in [6.45, 7) is 1.25. The number of ether oxygens (including phenoxy) is 2. The quantitative estimate of drug-likeness (QED) is 0.377. The molecule has 0 saturated carbocycles. The summed E-state index contributed by atoms with van der Waals surface area (Å²) in [5.41, 5.74) is 3.37. The zero-order valence-corrected chi connectivity index (χ0v) is 18.6. The second-order valence-electron chi connectivity index (χ2n) is 7.66. The van der Waals surface area contributed by atoms with Crippen LogP contribution in [0.5, 0.6) is 11.5 Å². The van der Waals surface area contributed by atoms with Gasteiger partial charge in [-0.05, 0) is 35.9 Å². The number of methoxy groups -OCH3 is 2.